The first-order valence-corrected chi connectivity index (χ1v) is 9.63. The molecule has 4 heterocycles. The van der Waals surface area contributed by atoms with E-state index in [2.05, 4.69) is 20.2 Å². The quantitative estimate of drug-likeness (QED) is 0.474. The van der Waals surface area contributed by atoms with Crippen LogP contribution in [-0.2, 0) is 6.18 Å². The number of rotatable bonds is 3. The average Bonchev–Trinajstić information content (AvgIpc) is 3.44. The smallest absolute Gasteiger partial charge is 0.355 e. The monoisotopic (exact) mass is 440 g/mol. The topological polar surface area (TPSA) is 89.9 Å². The number of halogens is 3. The summed E-state index contributed by atoms with van der Waals surface area (Å²) in [6, 6.07) is 5.94. The van der Waals surface area contributed by atoms with Crippen molar-refractivity contribution in [3.8, 4) is 22.7 Å². The highest BCUT2D eigenvalue weighted by Gasteiger charge is 2.36. The summed E-state index contributed by atoms with van der Waals surface area (Å²) in [5.74, 6) is -0.0745. The molecule has 162 valence electrons. The van der Waals surface area contributed by atoms with Crippen molar-refractivity contribution in [2.24, 2.45) is 0 Å². The first-order valence-electron chi connectivity index (χ1n) is 9.63. The van der Waals surface area contributed by atoms with Gasteiger partial charge in [-0.1, -0.05) is 5.16 Å². The van der Waals surface area contributed by atoms with E-state index in [0.717, 1.165) is 12.1 Å². The molecule has 32 heavy (non-hydrogen) atoms. The molecule has 0 spiro atoms. The van der Waals surface area contributed by atoms with Crippen molar-refractivity contribution in [2.45, 2.75) is 19.1 Å². The van der Waals surface area contributed by atoms with Gasteiger partial charge in [0.15, 0.2) is 5.76 Å². The van der Waals surface area contributed by atoms with Gasteiger partial charge in [-0.15, -0.1) is 0 Å². The van der Waals surface area contributed by atoms with Gasteiger partial charge >= 0.3 is 6.18 Å². The summed E-state index contributed by atoms with van der Waals surface area (Å²) in [7, 11) is 0. The molecule has 1 unspecified atom stereocenters. The summed E-state index contributed by atoms with van der Waals surface area (Å²) in [4.78, 5) is 22.9. The van der Waals surface area contributed by atoms with E-state index in [9.17, 15) is 18.0 Å². The van der Waals surface area contributed by atoms with E-state index < -0.39 is 17.6 Å². The summed E-state index contributed by atoms with van der Waals surface area (Å²) in [6.07, 6.45) is 1.67. The lowest BCUT2D eigenvalue weighted by Crippen LogP contribution is -2.42. The van der Waals surface area contributed by atoms with E-state index in [1.54, 1.807) is 10.7 Å². The number of benzene rings is 1. The van der Waals surface area contributed by atoms with Crippen molar-refractivity contribution >= 4 is 11.6 Å². The molecule has 8 nitrogen and oxygen atoms in total. The van der Waals surface area contributed by atoms with E-state index in [1.165, 1.54) is 41.8 Å². The SMILES string of the molecule is CC1CN(c2ccc(C(F)(F)F)cc2)C(=O)c2c(-c3cc(-c4cnccn4)no3)cnn21. The molecular formula is C21H15F3N6O2. The number of alkyl halides is 3. The number of nitrogens with zero attached hydrogens (tertiary/aromatic N) is 6. The Kier molecular flexibility index (Phi) is 4.54. The van der Waals surface area contributed by atoms with Crippen LogP contribution < -0.4 is 4.90 Å². The van der Waals surface area contributed by atoms with Crippen molar-refractivity contribution in [1.82, 2.24) is 24.9 Å². The molecule has 0 fully saturated rings. The first kappa shape index (κ1) is 19.9. The number of hydrogen-bond donors (Lipinski definition) is 0. The zero-order valence-corrected chi connectivity index (χ0v) is 16.6. The molecule has 0 saturated carbocycles. The summed E-state index contributed by atoms with van der Waals surface area (Å²) in [5, 5.41) is 8.33. The predicted octanol–water partition coefficient (Wildman–Crippen LogP) is 4.24. The largest absolute Gasteiger partial charge is 0.416 e. The molecule has 0 radical (unpaired) electrons. The van der Waals surface area contributed by atoms with Crippen LogP contribution in [0.25, 0.3) is 22.7 Å². The Hall–Kier alpha value is -4.02. The molecule has 1 aliphatic rings. The number of fused-ring (bicyclic) bond motifs is 1. The zero-order chi connectivity index (χ0) is 22.5. The van der Waals surface area contributed by atoms with Crippen LogP contribution in [0, 0.1) is 0 Å². The average molecular weight is 440 g/mol. The Morgan fingerprint density at radius 2 is 1.88 bits per heavy atom. The number of amides is 1. The molecule has 1 amide bonds. The van der Waals surface area contributed by atoms with E-state index in [-0.39, 0.29) is 18.3 Å². The van der Waals surface area contributed by atoms with Gasteiger partial charge in [-0.2, -0.15) is 18.3 Å². The molecule has 0 bridgehead atoms. The molecule has 3 aromatic heterocycles. The summed E-state index contributed by atoms with van der Waals surface area (Å²) < 4.78 is 45.7. The van der Waals surface area contributed by atoms with Gasteiger partial charge in [0.05, 0.1) is 29.6 Å². The molecule has 0 saturated heterocycles. The molecule has 1 atom stereocenters. The Balaban J connectivity index is 1.51. The van der Waals surface area contributed by atoms with Gasteiger partial charge in [0.1, 0.15) is 17.1 Å². The lowest BCUT2D eigenvalue weighted by Gasteiger charge is -2.32. The van der Waals surface area contributed by atoms with Gasteiger partial charge in [-0.25, -0.2) is 0 Å². The van der Waals surface area contributed by atoms with E-state index in [0.29, 0.717) is 28.4 Å². The second-order valence-electron chi connectivity index (χ2n) is 7.33. The number of hydrogen-bond acceptors (Lipinski definition) is 6. The van der Waals surface area contributed by atoms with Crippen LogP contribution >= 0.6 is 0 Å². The zero-order valence-electron chi connectivity index (χ0n) is 16.6. The minimum absolute atomic E-state index is 0.207. The molecule has 0 N–H and O–H groups in total. The minimum Gasteiger partial charge on any atom is -0.355 e. The van der Waals surface area contributed by atoms with Crippen molar-refractivity contribution in [2.75, 3.05) is 11.4 Å². The van der Waals surface area contributed by atoms with Gasteiger partial charge in [0.2, 0.25) is 0 Å². The van der Waals surface area contributed by atoms with Gasteiger partial charge in [0.25, 0.3) is 5.91 Å². The molecule has 1 aliphatic heterocycles. The van der Waals surface area contributed by atoms with Gasteiger partial charge in [-0.3, -0.25) is 19.4 Å². The highest BCUT2D eigenvalue weighted by Crippen LogP contribution is 2.35. The normalized spacial score (nSPS) is 16.3. The molecular weight excluding hydrogens is 425 g/mol. The number of aromatic nitrogens is 5. The summed E-state index contributed by atoms with van der Waals surface area (Å²) in [5.41, 5.74) is 1.25. The molecule has 5 rings (SSSR count). The van der Waals surface area contributed by atoms with Crippen LogP contribution in [0.4, 0.5) is 18.9 Å². The van der Waals surface area contributed by atoms with Crippen molar-refractivity contribution in [3.63, 3.8) is 0 Å². The maximum Gasteiger partial charge on any atom is 0.416 e. The van der Waals surface area contributed by atoms with Crippen LogP contribution in [0.3, 0.4) is 0 Å². The second-order valence-corrected chi connectivity index (χ2v) is 7.33. The Bertz CT molecular complexity index is 1280. The van der Waals surface area contributed by atoms with Crippen LogP contribution in [0.1, 0.15) is 29.0 Å². The maximum atomic E-state index is 13.3. The fourth-order valence-electron chi connectivity index (χ4n) is 3.65. The minimum atomic E-state index is -4.45. The second kappa shape index (κ2) is 7.29. The lowest BCUT2D eigenvalue weighted by atomic mass is 10.1. The van der Waals surface area contributed by atoms with Crippen LogP contribution in [-0.4, -0.2) is 37.4 Å². The Labute approximate surface area is 179 Å². The van der Waals surface area contributed by atoms with Crippen molar-refractivity contribution < 1.29 is 22.5 Å². The summed E-state index contributed by atoms with van der Waals surface area (Å²) >= 11 is 0. The Morgan fingerprint density at radius 1 is 1.09 bits per heavy atom. The van der Waals surface area contributed by atoms with Gasteiger partial charge in [-0.05, 0) is 31.2 Å². The third kappa shape index (κ3) is 3.31. The number of carbonyl (C=O) groups excluding carboxylic acids is 1. The third-order valence-electron chi connectivity index (χ3n) is 5.22. The van der Waals surface area contributed by atoms with Crippen molar-refractivity contribution in [1.29, 1.82) is 0 Å². The lowest BCUT2D eigenvalue weighted by molar-refractivity contribution is -0.137. The fourth-order valence-corrected chi connectivity index (χ4v) is 3.65. The summed E-state index contributed by atoms with van der Waals surface area (Å²) in [6.45, 7) is 2.13. The predicted molar refractivity (Wildman–Crippen MR) is 107 cm³/mol. The fraction of sp³-hybridized carbons (Fsp3) is 0.190. The number of carbonyl (C=O) groups is 1. The first-order chi connectivity index (χ1) is 15.3. The maximum absolute atomic E-state index is 13.3. The van der Waals surface area contributed by atoms with Crippen molar-refractivity contribution in [3.05, 3.63) is 66.4 Å². The van der Waals surface area contributed by atoms with E-state index >= 15 is 0 Å². The highest BCUT2D eigenvalue weighted by molar-refractivity contribution is 6.09. The molecule has 1 aromatic carbocycles. The highest BCUT2D eigenvalue weighted by atomic mass is 19.4. The molecule has 4 aromatic rings. The molecule has 11 heteroatoms. The van der Waals surface area contributed by atoms with Crippen LogP contribution in [0.15, 0.2) is 59.6 Å². The Morgan fingerprint density at radius 3 is 2.56 bits per heavy atom. The van der Waals surface area contributed by atoms with Gasteiger partial charge in [0, 0.05) is 30.7 Å². The van der Waals surface area contributed by atoms with E-state index in [1.807, 2.05) is 6.92 Å². The van der Waals surface area contributed by atoms with Gasteiger partial charge < -0.3 is 9.42 Å². The van der Waals surface area contributed by atoms with Crippen LogP contribution in [0.5, 0.6) is 0 Å². The standard InChI is InChI=1S/C21H15F3N6O2/c1-12-11-29(14-4-2-13(3-5-14)21(22,23)24)20(31)19-15(9-27-30(12)19)18-8-16(28-32-18)17-10-25-6-7-26-17/h2-10,12H,11H2,1H3. The molecule has 0 aliphatic carbocycles. The van der Waals surface area contributed by atoms with Crippen LogP contribution in [0.2, 0.25) is 0 Å². The van der Waals surface area contributed by atoms with E-state index in [4.69, 9.17) is 4.52 Å². The third-order valence-corrected chi connectivity index (χ3v) is 5.22. The number of anilines is 1.